The van der Waals surface area contributed by atoms with Crippen molar-refractivity contribution in [3.8, 4) is 65.4 Å². The number of thiophene rings is 1. The Morgan fingerprint density at radius 2 is 0.636 bits per heavy atom. The number of anilines is 4. The highest BCUT2D eigenvalue weighted by atomic mass is 32.1. The van der Waals surface area contributed by atoms with E-state index < -0.39 is 0 Å². The smallest absolute Gasteiger partial charge is 0.0478 e. The molecule has 9 rings (SSSR count). The van der Waals surface area contributed by atoms with Gasteiger partial charge in [0.2, 0.25) is 0 Å². The standard InChI is InChI=1S/C50H36N4S/c1-3-7-35(8-4-1)37-11-15-39(16-12-37)41-19-21-45(47(33-41)53-43-25-29-51-30-26-43)49-23-24-50(55-49)46-22-20-42(34-48(46)54-44-27-31-52-32-28-44)40-17-13-38(14-18-40)36-9-5-2-6-10-36/h1-34H,(H,51,53)(H,52,54). The van der Waals surface area contributed by atoms with E-state index in [1.54, 1.807) is 11.3 Å². The molecule has 3 aromatic heterocycles. The molecule has 0 saturated carbocycles. The van der Waals surface area contributed by atoms with E-state index in [9.17, 15) is 0 Å². The third-order valence-electron chi connectivity index (χ3n) is 9.75. The molecule has 0 saturated heterocycles. The van der Waals surface area contributed by atoms with Crippen molar-refractivity contribution in [3.63, 3.8) is 0 Å². The summed E-state index contributed by atoms with van der Waals surface area (Å²) in [6.45, 7) is 0. The molecular weight excluding hydrogens is 689 g/mol. The lowest BCUT2D eigenvalue weighted by molar-refractivity contribution is 1.32. The minimum atomic E-state index is 0.987. The molecule has 0 aliphatic carbocycles. The van der Waals surface area contributed by atoms with Crippen LogP contribution in [0, 0.1) is 0 Å². The minimum absolute atomic E-state index is 0.987. The van der Waals surface area contributed by atoms with E-state index in [0.717, 1.165) is 56.1 Å². The normalized spacial score (nSPS) is 10.9. The Kier molecular flexibility index (Phi) is 9.50. The Hall–Kier alpha value is -7.08. The molecule has 0 aliphatic rings. The van der Waals surface area contributed by atoms with E-state index in [1.807, 2.05) is 49.1 Å². The van der Waals surface area contributed by atoms with Crippen LogP contribution in [0.5, 0.6) is 0 Å². The number of nitrogens with zero attached hydrogens (tertiary/aromatic N) is 2. The molecule has 0 aliphatic heterocycles. The van der Waals surface area contributed by atoms with Crippen LogP contribution in [-0.2, 0) is 0 Å². The fourth-order valence-electron chi connectivity index (χ4n) is 6.86. The third-order valence-corrected chi connectivity index (χ3v) is 10.9. The van der Waals surface area contributed by atoms with Gasteiger partial charge in [-0.25, -0.2) is 0 Å². The molecule has 5 heteroatoms. The largest absolute Gasteiger partial charge is 0.355 e. The van der Waals surface area contributed by atoms with E-state index in [2.05, 4.69) is 178 Å². The molecule has 0 spiro atoms. The van der Waals surface area contributed by atoms with Crippen LogP contribution >= 0.6 is 11.3 Å². The summed E-state index contributed by atoms with van der Waals surface area (Å²) >= 11 is 1.79. The summed E-state index contributed by atoms with van der Waals surface area (Å²) in [6.07, 6.45) is 7.26. The van der Waals surface area contributed by atoms with E-state index in [4.69, 9.17) is 0 Å². The van der Waals surface area contributed by atoms with Crippen LogP contribution in [-0.4, -0.2) is 9.97 Å². The van der Waals surface area contributed by atoms with Crippen LogP contribution in [0.4, 0.5) is 22.7 Å². The van der Waals surface area contributed by atoms with Gasteiger partial charge in [0.25, 0.3) is 0 Å². The molecule has 4 nitrogen and oxygen atoms in total. The summed E-state index contributed by atoms with van der Waals surface area (Å²) in [4.78, 5) is 10.8. The van der Waals surface area contributed by atoms with Gasteiger partial charge in [-0.15, -0.1) is 11.3 Å². The van der Waals surface area contributed by atoms with Crippen LogP contribution < -0.4 is 10.6 Å². The van der Waals surface area contributed by atoms with E-state index in [1.165, 1.54) is 32.0 Å². The lowest BCUT2D eigenvalue weighted by Gasteiger charge is -2.15. The minimum Gasteiger partial charge on any atom is -0.355 e. The molecule has 0 atom stereocenters. The van der Waals surface area contributed by atoms with Crippen LogP contribution in [0.1, 0.15) is 0 Å². The Labute approximate surface area is 325 Å². The number of rotatable bonds is 10. The summed E-state index contributed by atoms with van der Waals surface area (Å²) in [7, 11) is 0. The SMILES string of the molecule is c1ccc(-c2ccc(-c3ccc(-c4ccc(-c5ccc(-c6ccc(-c7ccccc7)cc6)cc5Nc5ccncc5)s4)c(Nc4ccncc4)c3)cc2)cc1. The Morgan fingerprint density at radius 1 is 0.309 bits per heavy atom. The van der Waals surface area contributed by atoms with Crippen LogP contribution in [0.3, 0.4) is 0 Å². The predicted octanol–water partition coefficient (Wildman–Crippen LogP) is 14.0. The molecule has 6 aromatic carbocycles. The number of nitrogens with one attached hydrogen (secondary N) is 2. The van der Waals surface area contributed by atoms with Crippen LogP contribution in [0.2, 0.25) is 0 Å². The number of benzene rings is 6. The first kappa shape index (κ1) is 33.7. The lowest BCUT2D eigenvalue weighted by Crippen LogP contribution is -1.94. The van der Waals surface area contributed by atoms with Crippen molar-refractivity contribution in [2.75, 3.05) is 10.6 Å². The van der Waals surface area contributed by atoms with Gasteiger partial charge in [0.15, 0.2) is 0 Å². The third kappa shape index (κ3) is 7.56. The fraction of sp³-hybridized carbons (Fsp3) is 0. The zero-order chi connectivity index (χ0) is 36.8. The van der Waals surface area contributed by atoms with E-state index >= 15 is 0 Å². The second-order valence-electron chi connectivity index (χ2n) is 13.3. The van der Waals surface area contributed by atoms with Gasteiger partial charge in [-0.1, -0.05) is 133 Å². The molecule has 0 amide bonds. The number of hydrogen-bond acceptors (Lipinski definition) is 5. The summed E-state index contributed by atoms with van der Waals surface area (Å²) in [5.74, 6) is 0. The zero-order valence-electron chi connectivity index (χ0n) is 29.9. The number of hydrogen-bond donors (Lipinski definition) is 2. The predicted molar refractivity (Wildman–Crippen MR) is 232 cm³/mol. The van der Waals surface area contributed by atoms with Gasteiger partial charge in [0.05, 0.1) is 0 Å². The van der Waals surface area contributed by atoms with Crippen molar-refractivity contribution in [1.29, 1.82) is 0 Å². The topological polar surface area (TPSA) is 49.8 Å². The highest BCUT2D eigenvalue weighted by Crippen LogP contribution is 2.43. The van der Waals surface area contributed by atoms with Gasteiger partial charge in [-0.05, 0) is 93.0 Å². The first-order valence-corrected chi connectivity index (χ1v) is 19.1. The molecule has 55 heavy (non-hydrogen) atoms. The second-order valence-corrected chi connectivity index (χ2v) is 14.4. The lowest BCUT2D eigenvalue weighted by atomic mass is 9.98. The Bertz CT molecular complexity index is 2470. The molecular formula is C50H36N4S. The van der Waals surface area contributed by atoms with Gasteiger partial charge in [0.1, 0.15) is 0 Å². The second kappa shape index (κ2) is 15.5. The van der Waals surface area contributed by atoms with Gasteiger partial charge >= 0.3 is 0 Å². The van der Waals surface area contributed by atoms with Gasteiger partial charge in [0, 0.05) is 68.4 Å². The number of pyridine rings is 2. The molecule has 262 valence electrons. The summed E-state index contributed by atoms with van der Waals surface area (Å²) in [6, 6.07) is 64.5. The molecule has 0 radical (unpaired) electrons. The molecule has 9 aromatic rings. The maximum absolute atomic E-state index is 4.24. The highest BCUT2D eigenvalue weighted by Gasteiger charge is 2.15. The van der Waals surface area contributed by atoms with Crippen molar-refractivity contribution >= 4 is 34.1 Å². The molecule has 0 fully saturated rings. The Morgan fingerprint density at radius 3 is 1.02 bits per heavy atom. The quantitative estimate of drug-likeness (QED) is 0.147. The Balaban J connectivity index is 1.06. The van der Waals surface area contributed by atoms with Gasteiger partial charge in [-0.2, -0.15) is 0 Å². The van der Waals surface area contributed by atoms with Crippen molar-refractivity contribution in [1.82, 2.24) is 9.97 Å². The van der Waals surface area contributed by atoms with Crippen molar-refractivity contribution in [2.45, 2.75) is 0 Å². The summed E-state index contributed by atoms with van der Waals surface area (Å²) in [5.41, 5.74) is 15.8. The van der Waals surface area contributed by atoms with Crippen molar-refractivity contribution in [3.05, 3.63) is 207 Å². The molecule has 3 heterocycles. The van der Waals surface area contributed by atoms with Crippen LogP contribution in [0.25, 0.3) is 65.4 Å². The first-order chi connectivity index (χ1) is 27.2. The highest BCUT2D eigenvalue weighted by molar-refractivity contribution is 7.19. The average Bonchev–Trinajstić information content (AvgIpc) is 3.75. The zero-order valence-corrected chi connectivity index (χ0v) is 30.7. The first-order valence-electron chi connectivity index (χ1n) is 18.3. The number of aromatic nitrogens is 2. The monoisotopic (exact) mass is 724 g/mol. The van der Waals surface area contributed by atoms with Crippen molar-refractivity contribution in [2.24, 2.45) is 0 Å². The van der Waals surface area contributed by atoms with Crippen molar-refractivity contribution < 1.29 is 0 Å². The maximum Gasteiger partial charge on any atom is 0.0478 e. The molecule has 2 N–H and O–H groups in total. The van der Waals surface area contributed by atoms with Gasteiger partial charge in [-0.3, -0.25) is 9.97 Å². The summed E-state index contributed by atoms with van der Waals surface area (Å²) in [5, 5.41) is 7.40. The fourth-order valence-corrected chi connectivity index (χ4v) is 7.95. The average molecular weight is 725 g/mol. The van der Waals surface area contributed by atoms with E-state index in [-0.39, 0.29) is 0 Å². The summed E-state index contributed by atoms with van der Waals surface area (Å²) < 4.78 is 0. The molecule has 0 bridgehead atoms. The maximum atomic E-state index is 4.24. The van der Waals surface area contributed by atoms with Gasteiger partial charge < -0.3 is 10.6 Å². The molecule has 0 unspecified atom stereocenters. The van der Waals surface area contributed by atoms with Crippen LogP contribution in [0.15, 0.2) is 207 Å². The van der Waals surface area contributed by atoms with E-state index in [0.29, 0.717) is 0 Å².